The number of rotatable bonds is 4. The van der Waals surface area contributed by atoms with Crippen molar-refractivity contribution in [2.75, 3.05) is 24.6 Å². The standard InChI is InChI=1S/C22H24N2O3S/c1-14-9-15(2)11-17(10-14)24-21(26)19(18-6-4-8-28-18)20(22(24)27)23-7-3-5-16(12-23)13-25/h4,6,8-11,16,25H,3,5,7,12-13H2,1-2H3. The SMILES string of the molecule is Cc1cc(C)cc(N2C(=O)C(c3cccs3)=C(N3CCCC(CO)C3)C2=O)c1. The first-order valence-corrected chi connectivity index (χ1v) is 10.5. The summed E-state index contributed by atoms with van der Waals surface area (Å²) in [5.74, 6) is -0.403. The molecule has 0 spiro atoms. The third-order valence-corrected chi connectivity index (χ3v) is 6.27. The van der Waals surface area contributed by atoms with Gasteiger partial charge in [-0.25, -0.2) is 4.90 Å². The molecule has 1 fully saturated rings. The molecule has 0 saturated carbocycles. The molecule has 1 unspecified atom stereocenters. The van der Waals surface area contributed by atoms with Gasteiger partial charge < -0.3 is 10.0 Å². The number of piperidine rings is 1. The Hall–Kier alpha value is -2.44. The second-order valence-corrected chi connectivity index (χ2v) is 8.58. The average Bonchev–Trinajstić information content (AvgIpc) is 3.27. The van der Waals surface area contributed by atoms with Gasteiger partial charge in [-0.3, -0.25) is 9.59 Å². The molecular formula is C22H24N2O3S. The Bertz CT molecular complexity index is 928. The molecule has 1 aromatic carbocycles. The van der Waals surface area contributed by atoms with E-state index in [-0.39, 0.29) is 24.3 Å². The Balaban J connectivity index is 1.80. The monoisotopic (exact) mass is 396 g/mol. The van der Waals surface area contributed by atoms with Crippen LogP contribution in [0.1, 0.15) is 28.8 Å². The summed E-state index contributed by atoms with van der Waals surface area (Å²) in [5.41, 5.74) is 3.61. The molecule has 1 atom stereocenters. The predicted molar refractivity (Wildman–Crippen MR) is 111 cm³/mol. The van der Waals surface area contributed by atoms with Crippen molar-refractivity contribution in [3.8, 4) is 0 Å². The van der Waals surface area contributed by atoms with Crippen molar-refractivity contribution in [3.05, 3.63) is 57.4 Å². The Morgan fingerprint density at radius 3 is 2.54 bits per heavy atom. The number of aryl methyl sites for hydroxylation is 2. The average molecular weight is 397 g/mol. The minimum Gasteiger partial charge on any atom is -0.396 e. The van der Waals surface area contributed by atoms with E-state index in [2.05, 4.69) is 0 Å². The van der Waals surface area contributed by atoms with Gasteiger partial charge in [-0.05, 0) is 67.3 Å². The Kier molecular flexibility index (Phi) is 5.08. The number of hydrogen-bond acceptors (Lipinski definition) is 5. The van der Waals surface area contributed by atoms with Crippen molar-refractivity contribution in [3.63, 3.8) is 0 Å². The Morgan fingerprint density at radius 2 is 1.89 bits per heavy atom. The van der Waals surface area contributed by atoms with Crippen molar-refractivity contribution in [2.24, 2.45) is 5.92 Å². The van der Waals surface area contributed by atoms with Gasteiger partial charge in [-0.1, -0.05) is 12.1 Å². The fraction of sp³-hybridized carbons (Fsp3) is 0.364. The van der Waals surface area contributed by atoms with Crippen LogP contribution < -0.4 is 4.90 Å². The van der Waals surface area contributed by atoms with Gasteiger partial charge in [0.05, 0.1) is 11.3 Å². The molecule has 3 heterocycles. The van der Waals surface area contributed by atoms with Crippen LogP contribution in [0, 0.1) is 19.8 Å². The minimum absolute atomic E-state index is 0.0983. The number of amides is 2. The molecule has 2 amide bonds. The van der Waals surface area contributed by atoms with E-state index in [1.807, 2.05) is 54.5 Å². The molecule has 1 N–H and O–H groups in total. The molecule has 1 saturated heterocycles. The molecule has 2 aromatic rings. The number of likely N-dealkylation sites (tertiary alicyclic amines) is 1. The number of hydrogen-bond donors (Lipinski definition) is 1. The van der Waals surface area contributed by atoms with Gasteiger partial charge in [0.15, 0.2) is 0 Å². The number of imide groups is 1. The summed E-state index contributed by atoms with van der Waals surface area (Å²) >= 11 is 1.47. The maximum Gasteiger partial charge on any atom is 0.282 e. The highest BCUT2D eigenvalue weighted by Crippen LogP contribution is 2.38. The van der Waals surface area contributed by atoms with Gasteiger partial charge in [-0.2, -0.15) is 0 Å². The van der Waals surface area contributed by atoms with Crippen LogP contribution in [0.4, 0.5) is 5.69 Å². The molecule has 146 valence electrons. The number of thiophene rings is 1. The lowest BCUT2D eigenvalue weighted by molar-refractivity contribution is -0.120. The number of carbonyl (C=O) groups excluding carboxylic acids is 2. The fourth-order valence-corrected chi connectivity index (χ4v) is 4.95. The van der Waals surface area contributed by atoms with Crippen LogP contribution >= 0.6 is 11.3 Å². The topological polar surface area (TPSA) is 60.9 Å². The predicted octanol–water partition coefficient (Wildman–Crippen LogP) is 3.35. The van der Waals surface area contributed by atoms with Crippen LogP contribution in [0.25, 0.3) is 5.57 Å². The number of aliphatic hydroxyl groups excluding tert-OH is 1. The van der Waals surface area contributed by atoms with E-state index in [0.717, 1.165) is 35.4 Å². The summed E-state index contributed by atoms with van der Waals surface area (Å²) in [4.78, 5) is 31.0. The van der Waals surface area contributed by atoms with E-state index in [9.17, 15) is 14.7 Å². The number of anilines is 1. The first-order valence-electron chi connectivity index (χ1n) is 9.60. The van der Waals surface area contributed by atoms with Crippen molar-refractivity contribution in [2.45, 2.75) is 26.7 Å². The molecule has 6 heteroatoms. The summed E-state index contributed by atoms with van der Waals surface area (Å²) in [6.07, 6.45) is 1.84. The zero-order valence-electron chi connectivity index (χ0n) is 16.1. The van der Waals surface area contributed by atoms with Crippen molar-refractivity contribution >= 4 is 34.4 Å². The van der Waals surface area contributed by atoms with Gasteiger partial charge in [-0.15, -0.1) is 11.3 Å². The third kappa shape index (κ3) is 3.27. The van der Waals surface area contributed by atoms with Crippen LogP contribution in [0.15, 0.2) is 41.4 Å². The van der Waals surface area contributed by atoms with Crippen LogP contribution in [0.3, 0.4) is 0 Å². The second kappa shape index (κ2) is 7.53. The van der Waals surface area contributed by atoms with Crippen LogP contribution in [0.2, 0.25) is 0 Å². The summed E-state index contributed by atoms with van der Waals surface area (Å²) in [7, 11) is 0. The number of benzene rings is 1. The lowest BCUT2D eigenvalue weighted by Gasteiger charge is -2.34. The van der Waals surface area contributed by atoms with Gasteiger partial charge >= 0.3 is 0 Å². The number of carbonyl (C=O) groups is 2. The zero-order valence-corrected chi connectivity index (χ0v) is 17.0. The van der Waals surface area contributed by atoms with E-state index in [1.54, 1.807) is 0 Å². The molecule has 0 aliphatic carbocycles. The molecule has 2 aliphatic rings. The Labute approximate surface area is 168 Å². The molecule has 4 rings (SSSR count). The molecule has 0 bridgehead atoms. The van der Waals surface area contributed by atoms with E-state index in [4.69, 9.17) is 0 Å². The highest BCUT2D eigenvalue weighted by atomic mass is 32.1. The van der Waals surface area contributed by atoms with Gasteiger partial charge in [0, 0.05) is 24.6 Å². The molecule has 0 radical (unpaired) electrons. The first kappa shape index (κ1) is 18.9. The van der Waals surface area contributed by atoms with Crippen LogP contribution in [-0.2, 0) is 9.59 Å². The molecule has 2 aliphatic heterocycles. The minimum atomic E-state index is -0.267. The van der Waals surface area contributed by atoms with Crippen LogP contribution in [0.5, 0.6) is 0 Å². The number of aliphatic hydroxyl groups is 1. The second-order valence-electron chi connectivity index (χ2n) is 7.63. The highest BCUT2D eigenvalue weighted by Gasteiger charge is 2.43. The quantitative estimate of drug-likeness (QED) is 0.805. The summed E-state index contributed by atoms with van der Waals surface area (Å²) in [5, 5.41) is 11.5. The number of nitrogens with zero attached hydrogens (tertiary/aromatic N) is 2. The normalized spacial score (nSPS) is 20.5. The summed E-state index contributed by atoms with van der Waals surface area (Å²) in [6.45, 7) is 5.35. The molecule has 1 aromatic heterocycles. The Morgan fingerprint density at radius 1 is 1.14 bits per heavy atom. The lowest BCUT2D eigenvalue weighted by Crippen LogP contribution is -2.40. The van der Waals surface area contributed by atoms with Crippen LogP contribution in [-0.4, -0.2) is 41.5 Å². The molecule has 28 heavy (non-hydrogen) atoms. The van der Waals surface area contributed by atoms with E-state index in [1.165, 1.54) is 16.2 Å². The van der Waals surface area contributed by atoms with Gasteiger partial charge in [0.25, 0.3) is 11.8 Å². The van der Waals surface area contributed by atoms with Crippen molar-refractivity contribution in [1.29, 1.82) is 0 Å². The smallest absolute Gasteiger partial charge is 0.282 e. The molecular weight excluding hydrogens is 372 g/mol. The van der Waals surface area contributed by atoms with E-state index < -0.39 is 0 Å². The summed E-state index contributed by atoms with van der Waals surface area (Å²) < 4.78 is 0. The summed E-state index contributed by atoms with van der Waals surface area (Å²) in [6, 6.07) is 9.58. The van der Waals surface area contributed by atoms with E-state index in [0.29, 0.717) is 23.5 Å². The van der Waals surface area contributed by atoms with Crippen molar-refractivity contribution in [1.82, 2.24) is 4.90 Å². The maximum atomic E-state index is 13.5. The first-order chi connectivity index (χ1) is 13.5. The van der Waals surface area contributed by atoms with Crippen molar-refractivity contribution < 1.29 is 14.7 Å². The van der Waals surface area contributed by atoms with E-state index >= 15 is 0 Å². The third-order valence-electron chi connectivity index (χ3n) is 5.39. The zero-order chi connectivity index (χ0) is 19.8. The maximum absolute atomic E-state index is 13.5. The largest absolute Gasteiger partial charge is 0.396 e. The fourth-order valence-electron chi connectivity index (χ4n) is 4.19. The van der Waals surface area contributed by atoms with Gasteiger partial charge in [0.2, 0.25) is 0 Å². The highest BCUT2D eigenvalue weighted by molar-refractivity contribution is 7.11. The molecule has 5 nitrogen and oxygen atoms in total. The van der Waals surface area contributed by atoms with Gasteiger partial charge in [0.1, 0.15) is 5.70 Å². The lowest BCUT2D eigenvalue weighted by atomic mass is 9.98.